The van der Waals surface area contributed by atoms with Crippen molar-refractivity contribution in [1.82, 2.24) is 10.9 Å². The van der Waals surface area contributed by atoms with E-state index in [4.69, 9.17) is 0 Å². The Morgan fingerprint density at radius 2 is 1.74 bits per heavy atom. The second-order valence-electron chi connectivity index (χ2n) is 4.90. The van der Waals surface area contributed by atoms with Crippen molar-refractivity contribution in [2.24, 2.45) is 0 Å². The highest BCUT2D eigenvalue weighted by Gasteiger charge is 2.10. The van der Waals surface area contributed by atoms with Crippen LogP contribution in [0.1, 0.15) is 21.5 Å². The average molecular weight is 393 g/mol. The first-order valence-electron chi connectivity index (χ1n) is 7.04. The number of nitrogens with one attached hydrogen (secondary N) is 2. The van der Waals surface area contributed by atoms with Crippen molar-refractivity contribution in [2.45, 2.75) is 12.7 Å². The zero-order valence-electron chi connectivity index (χ0n) is 12.6. The van der Waals surface area contributed by atoms with E-state index in [1.165, 1.54) is 22.9 Å². The van der Waals surface area contributed by atoms with Crippen LogP contribution in [-0.2, 0) is 10.5 Å². The third-order valence-corrected chi connectivity index (χ3v) is 4.86. The second-order valence-corrected chi connectivity index (χ2v) is 6.74. The smallest absolute Gasteiger partial charge is 0.270 e. The molecule has 2 rings (SSSR count). The van der Waals surface area contributed by atoms with Crippen LogP contribution in [0.2, 0.25) is 0 Å². The van der Waals surface area contributed by atoms with Crippen molar-refractivity contribution >= 4 is 39.5 Å². The zero-order chi connectivity index (χ0) is 16.7. The van der Waals surface area contributed by atoms with E-state index >= 15 is 0 Å². The monoisotopic (exact) mass is 392 g/mol. The number of thioether (sulfide) groups is 1. The van der Waals surface area contributed by atoms with Gasteiger partial charge in [0.1, 0.15) is 0 Å². The molecule has 0 bridgehead atoms. The van der Waals surface area contributed by atoms with E-state index in [2.05, 4.69) is 32.8 Å². The van der Waals surface area contributed by atoms with E-state index in [1.807, 2.05) is 31.2 Å². The van der Waals surface area contributed by atoms with Crippen molar-refractivity contribution < 1.29 is 9.59 Å². The Hall–Kier alpha value is -1.79. The van der Waals surface area contributed by atoms with Gasteiger partial charge in [-0.2, -0.15) is 0 Å². The Morgan fingerprint density at radius 3 is 2.48 bits per heavy atom. The highest BCUT2D eigenvalue weighted by atomic mass is 79.9. The fourth-order valence-corrected chi connectivity index (χ4v) is 3.27. The molecule has 0 aromatic heterocycles. The number of aryl methyl sites for hydroxylation is 1. The summed E-state index contributed by atoms with van der Waals surface area (Å²) in [4.78, 5) is 23.7. The second kappa shape index (κ2) is 8.74. The lowest BCUT2D eigenvalue weighted by atomic mass is 10.1. The molecule has 0 aliphatic carbocycles. The van der Waals surface area contributed by atoms with Crippen molar-refractivity contribution in [1.29, 1.82) is 0 Å². The van der Waals surface area contributed by atoms with Crippen molar-refractivity contribution in [3.8, 4) is 0 Å². The number of halogens is 1. The van der Waals surface area contributed by atoms with E-state index in [0.717, 1.165) is 5.75 Å². The molecule has 0 aliphatic rings. The number of hydrogen-bond acceptors (Lipinski definition) is 3. The van der Waals surface area contributed by atoms with Gasteiger partial charge in [-0.05, 0) is 46.1 Å². The summed E-state index contributed by atoms with van der Waals surface area (Å²) in [5.74, 6) is 0.460. The van der Waals surface area contributed by atoms with Crippen LogP contribution >= 0.6 is 27.7 Å². The van der Waals surface area contributed by atoms with Crippen LogP contribution in [0.15, 0.2) is 53.0 Å². The zero-order valence-corrected chi connectivity index (χ0v) is 15.0. The first-order valence-corrected chi connectivity index (χ1v) is 8.98. The minimum atomic E-state index is -0.352. The van der Waals surface area contributed by atoms with Gasteiger partial charge in [0, 0.05) is 10.2 Å². The molecule has 0 radical (unpaired) electrons. The lowest BCUT2D eigenvalue weighted by Crippen LogP contribution is -2.42. The molecule has 0 aliphatic heterocycles. The molecular formula is C17H17BrN2O2S. The maximum absolute atomic E-state index is 11.9. The number of carbonyl (C=O) groups excluding carboxylic acids is 2. The summed E-state index contributed by atoms with van der Waals surface area (Å²) in [6, 6.07) is 15.1. The predicted octanol–water partition coefficient (Wildman–Crippen LogP) is 3.45. The Kier molecular flexibility index (Phi) is 6.67. The fourth-order valence-electron chi connectivity index (χ4n) is 1.90. The molecule has 0 spiro atoms. The molecule has 6 heteroatoms. The van der Waals surface area contributed by atoms with Gasteiger partial charge in [0.2, 0.25) is 5.91 Å². The molecule has 4 nitrogen and oxygen atoms in total. The molecular weight excluding hydrogens is 376 g/mol. The Balaban J connectivity index is 1.74. The number of amides is 2. The Labute approximate surface area is 148 Å². The van der Waals surface area contributed by atoms with Crippen LogP contribution in [0.5, 0.6) is 0 Å². The third-order valence-electron chi connectivity index (χ3n) is 3.19. The lowest BCUT2D eigenvalue weighted by Gasteiger charge is -2.09. The lowest BCUT2D eigenvalue weighted by molar-refractivity contribution is -0.119. The molecule has 2 amide bonds. The fraction of sp³-hybridized carbons (Fsp3) is 0.176. The van der Waals surface area contributed by atoms with Crippen molar-refractivity contribution in [3.05, 3.63) is 69.7 Å². The van der Waals surface area contributed by atoms with Crippen LogP contribution < -0.4 is 10.9 Å². The van der Waals surface area contributed by atoms with E-state index in [0.29, 0.717) is 10.0 Å². The van der Waals surface area contributed by atoms with E-state index in [-0.39, 0.29) is 17.6 Å². The molecule has 23 heavy (non-hydrogen) atoms. The predicted molar refractivity (Wildman–Crippen MR) is 97.1 cm³/mol. The van der Waals surface area contributed by atoms with Gasteiger partial charge in [-0.3, -0.25) is 20.4 Å². The van der Waals surface area contributed by atoms with Gasteiger partial charge in [0.05, 0.1) is 11.3 Å². The topological polar surface area (TPSA) is 58.2 Å². The van der Waals surface area contributed by atoms with Crippen LogP contribution in [0, 0.1) is 6.92 Å². The SMILES string of the molecule is Cc1ccccc1CSCC(=O)NNC(=O)c1ccccc1Br. The molecule has 0 atom stereocenters. The number of carbonyl (C=O) groups is 2. The summed E-state index contributed by atoms with van der Waals surface area (Å²) in [7, 11) is 0. The van der Waals surface area contributed by atoms with E-state index in [9.17, 15) is 9.59 Å². The third kappa shape index (κ3) is 5.41. The molecule has 0 fully saturated rings. The van der Waals surface area contributed by atoms with Gasteiger partial charge in [0.25, 0.3) is 5.91 Å². The minimum absolute atomic E-state index is 0.232. The van der Waals surface area contributed by atoms with Crippen LogP contribution in [0.3, 0.4) is 0 Å². The van der Waals surface area contributed by atoms with Crippen molar-refractivity contribution in [2.75, 3.05) is 5.75 Å². The highest BCUT2D eigenvalue weighted by Crippen LogP contribution is 2.16. The van der Waals surface area contributed by atoms with Crippen LogP contribution in [0.4, 0.5) is 0 Å². The molecule has 2 N–H and O–H groups in total. The normalized spacial score (nSPS) is 10.2. The van der Waals surface area contributed by atoms with Gasteiger partial charge < -0.3 is 0 Å². The summed E-state index contributed by atoms with van der Waals surface area (Å²) in [6.07, 6.45) is 0. The summed E-state index contributed by atoms with van der Waals surface area (Å²) in [6.45, 7) is 2.05. The van der Waals surface area contributed by atoms with Gasteiger partial charge in [-0.25, -0.2) is 0 Å². The highest BCUT2D eigenvalue weighted by molar-refractivity contribution is 9.10. The van der Waals surface area contributed by atoms with Gasteiger partial charge in [-0.1, -0.05) is 36.4 Å². The molecule has 2 aromatic rings. The van der Waals surface area contributed by atoms with E-state index in [1.54, 1.807) is 18.2 Å². The molecule has 0 saturated heterocycles. The van der Waals surface area contributed by atoms with Gasteiger partial charge in [0.15, 0.2) is 0 Å². The minimum Gasteiger partial charge on any atom is -0.272 e. The first kappa shape index (κ1) is 17.6. The number of rotatable bonds is 5. The number of benzene rings is 2. The van der Waals surface area contributed by atoms with Gasteiger partial charge in [-0.15, -0.1) is 11.8 Å². The van der Waals surface area contributed by atoms with Crippen LogP contribution in [-0.4, -0.2) is 17.6 Å². The molecule has 2 aromatic carbocycles. The summed E-state index contributed by atoms with van der Waals surface area (Å²) >= 11 is 4.81. The quantitative estimate of drug-likeness (QED) is 0.766. The Bertz CT molecular complexity index is 706. The van der Waals surface area contributed by atoms with E-state index < -0.39 is 0 Å². The standard InChI is InChI=1S/C17H17BrN2O2S/c1-12-6-2-3-7-13(12)10-23-11-16(21)19-20-17(22)14-8-4-5-9-15(14)18/h2-9H,10-11H2,1H3,(H,19,21)(H,20,22). The van der Waals surface area contributed by atoms with Gasteiger partial charge >= 0.3 is 0 Å². The summed E-state index contributed by atoms with van der Waals surface area (Å²) in [5.41, 5.74) is 7.74. The Morgan fingerprint density at radius 1 is 1.04 bits per heavy atom. The number of hydrazine groups is 1. The maximum atomic E-state index is 11.9. The van der Waals surface area contributed by atoms with Crippen LogP contribution in [0.25, 0.3) is 0 Å². The largest absolute Gasteiger partial charge is 0.272 e. The average Bonchev–Trinajstić information content (AvgIpc) is 2.55. The molecule has 120 valence electrons. The molecule has 0 unspecified atom stereocenters. The summed E-state index contributed by atoms with van der Waals surface area (Å²) < 4.78 is 0.681. The maximum Gasteiger partial charge on any atom is 0.270 e. The van der Waals surface area contributed by atoms with Crippen molar-refractivity contribution in [3.63, 3.8) is 0 Å². The molecule has 0 heterocycles. The molecule has 0 saturated carbocycles. The first-order chi connectivity index (χ1) is 11.1. The number of hydrogen-bond donors (Lipinski definition) is 2. The summed E-state index contributed by atoms with van der Waals surface area (Å²) in [5, 5.41) is 0.